The number of benzene rings is 1. The molecule has 1 aromatic carbocycles. The van der Waals surface area contributed by atoms with E-state index >= 15 is 0 Å². The monoisotopic (exact) mass is 321 g/mol. The predicted molar refractivity (Wildman–Crippen MR) is 90.0 cm³/mol. The lowest BCUT2D eigenvalue weighted by atomic mass is 10.0. The zero-order chi connectivity index (χ0) is 16.7. The topological polar surface area (TPSA) is 48.0 Å². The van der Waals surface area contributed by atoms with E-state index in [2.05, 4.69) is 4.90 Å². The van der Waals surface area contributed by atoms with Crippen molar-refractivity contribution < 1.29 is 19.0 Å². The highest BCUT2D eigenvalue weighted by Gasteiger charge is 2.21. The van der Waals surface area contributed by atoms with E-state index in [9.17, 15) is 4.79 Å². The molecule has 0 radical (unpaired) electrons. The van der Waals surface area contributed by atoms with Gasteiger partial charge in [0.05, 0.1) is 21.3 Å². The first-order valence-electron chi connectivity index (χ1n) is 8.25. The summed E-state index contributed by atoms with van der Waals surface area (Å²) in [6.45, 7) is 2.96. The van der Waals surface area contributed by atoms with E-state index in [4.69, 9.17) is 14.2 Å². The number of methoxy groups -OCH3 is 3. The molecule has 23 heavy (non-hydrogen) atoms. The molecule has 0 saturated carbocycles. The first kappa shape index (κ1) is 17.6. The second-order valence-electron chi connectivity index (χ2n) is 5.84. The van der Waals surface area contributed by atoms with Crippen LogP contribution in [-0.4, -0.2) is 51.6 Å². The van der Waals surface area contributed by atoms with Crippen molar-refractivity contribution in [2.45, 2.75) is 32.1 Å². The Balaban J connectivity index is 2.11. The zero-order valence-electron chi connectivity index (χ0n) is 14.4. The van der Waals surface area contributed by atoms with Gasteiger partial charge in [-0.1, -0.05) is 12.8 Å². The number of Topliss-reactive ketones (excluding diaryl/α,β-unsaturated/α-hetero) is 1. The van der Waals surface area contributed by atoms with Crippen LogP contribution in [-0.2, 0) is 0 Å². The number of hydrogen-bond acceptors (Lipinski definition) is 5. The van der Waals surface area contributed by atoms with Crippen molar-refractivity contribution in [2.24, 2.45) is 0 Å². The van der Waals surface area contributed by atoms with Crippen LogP contribution in [0.5, 0.6) is 17.2 Å². The van der Waals surface area contributed by atoms with Gasteiger partial charge in [-0.2, -0.15) is 0 Å². The highest BCUT2D eigenvalue weighted by Crippen LogP contribution is 2.34. The minimum Gasteiger partial charge on any atom is -0.496 e. The Morgan fingerprint density at radius 2 is 1.52 bits per heavy atom. The van der Waals surface area contributed by atoms with Crippen LogP contribution >= 0.6 is 0 Å². The Bertz CT molecular complexity index is 497. The first-order valence-corrected chi connectivity index (χ1v) is 8.25. The number of rotatable bonds is 7. The number of hydrogen-bond donors (Lipinski definition) is 0. The smallest absolute Gasteiger partial charge is 0.171 e. The molecule has 0 aliphatic carbocycles. The second-order valence-corrected chi connectivity index (χ2v) is 5.84. The van der Waals surface area contributed by atoms with Crippen LogP contribution in [0.2, 0.25) is 0 Å². The molecule has 0 N–H and O–H groups in total. The van der Waals surface area contributed by atoms with E-state index in [0.29, 0.717) is 29.2 Å². The van der Waals surface area contributed by atoms with Crippen molar-refractivity contribution in [2.75, 3.05) is 41.0 Å². The van der Waals surface area contributed by atoms with E-state index in [1.54, 1.807) is 33.5 Å². The summed E-state index contributed by atoms with van der Waals surface area (Å²) in [5, 5.41) is 0. The molecule has 0 amide bonds. The predicted octanol–water partition coefficient (Wildman–Crippen LogP) is 3.16. The zero-order valence-corrected chi connectivity index (χ0v) is 14.4. The Labute approximate surface area is 138 Å². The number of ether oxygens (including phenoxy) is 3. The molecule has 5 heteroatoms. The van der Waals surface area contributed by atoms with Crippen LogP contribution in [0.15, 0.2) is 12.1 Å². The van der Waals surface area contributed by atoms with Gasteiger partial charge in [-0.25, -0.2) is 0 Å². The summed E-state index contributed by atoms with van der Waals surface area (Å²) in [6, 6.07) is 3.45. The van der Waals surface area contributed by atoms with Crippen molar-refractivity contribution in [1.29, 1.82) is 0 Å². The van der Waals surface area contributed by atoms with Gasteiger partial charge in [-0.3, -0.25) is 4.79 Å². The Kier molecular flexibility index (Phi) is 6.71. The summed E-state index contributed by atoms with van der Waals surface area (Å²) in [6.07, 6.45) is 5.51. The van der Waals surface area contributed by atoms with E-state index in [0.717, 1.165) is 19.6 Å². The molecular weight excluding hydrogens is 294 g/mol. The Morgan fingerprint density at radius 1 is 0.957 bits per heavy atom. The fourth-order valence-corrected chi connectivity index (χ4v) is 3.02. The van der Waals surface area contributed by atoms with Gasteiger partial charge in [-0.05, 0) is 25.9 Å². The second kappa shape index (κ2) is 8.77. The summed E-state index contributed by atoms with van der Waals surface area (Å²) in [5.41, 5.74) is 0.505. The lowest BCUT2D eigenvalue weighted by Crippen LogP contribution is -2.27. The molecule has 0 spiro atoms. The molecule has 0 atom stereocenters. The molecular formula is C18H27NO4. The van der Waals surface area contributed by atoms with Crippen LogP contribution in [0.25, 0.3) is 0 Å². The fourth-order valence-electron chi connectivity index (χ4n) is 3.02. The summed E-state index contributed by atoms with van der Waals surface area (Å²) < 4.78 is 16.0. The number of likely N-dealkylation sites (tertiary alicyclic amines) is 1. The average Bonchev–Trinajstić information content (AvgIpc) is 2.87. The number of carbonyl (C=O) groups is 1. The summed E-state index contributed by atoms with van der Waals surface area (Å²) >= 11 is 0. The Morgan fingerprint density at radius 3 is 2.00 bits per heavy atom. The van der Waals surface area contributed by atoms with E-state index in [1.165, 1.54) is 25.7 Å². The standard InChI is InChI=1S/C18H27NO4/c1-21-14-12-16(22-2)18(17(13-14)23-3)15(20)8-11-19-9-6-4-5-7-10-19/h12-13H,4-11H2,1-3H3. The van der Waals surface area contributed by atoms with Gasteiger partial charge in [-0.15, -0.1) is 0 Å². The lowest BCUT2D eigenvalue weighted by molar-refractivity contribution is 0.0958. The molecule has 1 aliphatic heterocycles. The highest BCUT2D eigenvalue weighted by molar-refractivity contribution is 6.01. The summed E-state index contributed by atoms with van der Waals surface area (Å²) in [7, 11) is 4.69. The van der Waals surface area contributed by atoms with Gasteiger partial charge >= 0.3 is 0 Å². The quantitative estimate of drug-likeness (QED) is 0.722. The number of carbonyl (C=O) groups excluding carboxylic acids is 1. The van der Waals surface area contributed by atoms with Crippen LogP contribution in [0.4, 0.5) is 0 Å². The third-order valence-electron chi connectivity index (χ3n) is 4.35. The van der Waals surface area contributed by atoms with Crippen molar-refractivity contribution in [1.82, 2.24) is 4.90 Å². The molecule has 1 aliphatic rings. The largest absolute Gasteiger partial charge is 0.496 e. The molecule has 2 rings (SSSR count). The lowest BCUT2D eigenvalue weighted by Gasteiger charge is -2.20. The third-order valence-corrected chi connectivity index (χ3v) is 4.35. The average molecular weight is 321 g/mol. The van der Waals surface area contributed by atoms with Crippen molar-refractivity contribution in [3.05, 3.63) is 17.7 Å². The normalized spacial score (nSPS) is 15.8. The molecule has 1 aromatic rings. The minimum atomic E-state index is 0.0469. The molecule has 1 heterocycles. The van der Waals surface area contributed by atoms with E-state index < -0.39 is 0 Å². The van der Waals surface area contributed by atoms with Gasteiger partial charge in [0, 0.05) is 25.1 Å². The van der Waals surface area contributed by atoms with Gasteiger partial charge < -0.3 is 19.1 Å². The fraction of sp³-hybridized carbons (Fsp3) is 0.611. The van der Waals surface area contributed by atoms with Crippen LogP contribution in [0.3, 0.4) is 0 Å². The van der Waals surface area contributed by atoms with Crippen LogP contribution < -0.4 is 14.2 Å². The highest BCUT2D eigenvalue weighted by atomic mass is 16.5. The van der Waals surface area contributed by atoms with E-state index in [1.807, 2.05) is 0 Å². The minimum absolute atomic E-state index is 0.0469. The van der Waals surface area contributed by atoms with Crippen molar-refractivity contribution in [3.8, 4) is 17.2 Å². The molecule has 1 saturated heterocycles. The van der Waals surface area contributed by atoms with Gasteiger partial charge in [0.25, 0.3) is 0 Å². The SMILES string of the molecule is COc1cc(OC)c(C(=O)CCN2CCCCCC2)c(OC)c1. The van der Waals surface area contributed by atoms with Crippen molar-refractivity contribution in [3.63, 3.8) is 0 Å². The van der Waals surface area contributed by atoms with E-state index in [-0.39, 0.29) is 5.78 Å². The number of ketones is 1. The third kappa shape index (κ3) is 4.61. The maximum atomic E-state index is 12.7. The maximum Gasteiger partial charge on any atom is 0.171 e. The molecule has 0 aromatic heterocycles. The molecule has 128 valence electrons. The van der Waals surface area contributed by atoms with Crippen LogP contribution in [0.1, 0.15) is 42.5 Å². The summed E-state index contributed by atoms with van der Waals surface area (Å²) in [5.74, 6) is 1.66. The summed E-state index contributed by atoms with van der Waals surface area (Å²) in [4.78, 5) is 15.1. The Hall–Kier alpha value is -1.75. The van der Waals surface area contributed by atoms with Crippen molar-refractivity contribution >= 4 is 5.78 Å². The maximum absolute atomic E-state index is 12.7. The molecule has 0 unspecified atom stereocenters. The first-order chi connectivity index (χ1) is 11.2. The molecule has 5 nitrogen and oxygen atoms in total. The molecule has 1 fully saturated rings. The molecule has 0 bridgehead atoms. The van der Waals surface area contributed by atoms with Gasteiger partial charge in [0.15, 0.2) is 5.78 Å². The van der Waals surface area contributed by atoms with Gasteiger partial charge in [0.2, 0.25) is 0 Å². The van der Waals surface area contributed by atoms with Gasteiger partial charge in [0.1, 0.15) is 22.8 Å². The number of nitrogens with zero attached hydrogens (tertiary/aromatic N) is 1. The van der Waals surface area contributed by atoms with Crippen LogP contribution in [0, 0.1) is 0 Å².